The number of esters is 1. The van der Waals surface area contributed by atoms with E-state index in [-0.39, 0.29) is 16.0 Å². The van der Waals surface area contributed by atoms with Gasteiger partial charge in [-0.3, -0.25) is 4.79 Å². The molecule has 23 heavy (non-hydrogen) atoms. The van der Waals surface area contributed by atoms with Crippen molar-refractivity contribution in [3.63, 3.8) is 0 Å². The van der Waals surface area contributed by atoms with Crippen LogP contribution >= 0.6 is 23.5 Å². The molecule has 1 unspecified atom stereocenters. The second kappa shape index (κ2) is 6.89. The number of rotatable bonds is 2. The van der Waals surface area contributed by atoms with Gasteiger partial charge in [0.05, 0.1) is 12.1 Å². The van der Waals surface area contributed by atoms with Crippen LogP contribution in [-0.2, 0) is 9.53 Å². The molecule has 1 heterocycles. The van der Waals surface area contributed by atoms with Gasteiger partial charge in [0.25, 0.3) is 0 Å². The van der Waals surface area contributed by atoms with Crippen molar-refractivity contribution in [2.45, 2.75) is 63.6 Å². The van der Waals surface area contributed by atoms with Crippen LogP contribution in [-0.4, -0.2) is 20.7 Å². The Morgan fingerprint density at radius 2 is 1.87 bits per heavy atom. The van der Waals surface area contributed by atoms with Crippen molar-refractivity contribution in [1.29, 1.82) is 0 Å². The van der Waals surface area contributed by atoms with Gasteiger partial charge >= 0.3 is 5.97 Å². The van der Waals surface area contributed by atoms with Gasteiger partial charge in [0, 0.05) is 10.00 Å². The molecule has 1 aliphatic heterocycles. The lowest BCUT2D eigenvalue weighted by Gasteiger charge is -2.27. The maximum Gasteiger partial charge on any atom is 0.307 e. The summed E-state index contributed by atoms with van der Waals surface area (Å²) in [6, 6.07) is 8.06. The monoisotopic (exact) mass is 351 g/mol. The number of aliphatic imine (C=N–C) groups is 1. The van der Waals surface area contributed by atoms with Crippen LogP contribution in [0.1, 0.15) is 58.8 Å². The third kappa shape index (κ3) is 5.88. The molecule has 0 spiro atoms. The number of nitrogens with zero attached hydrogens (tertiary/aromatic N) is 1. The van der Waals surface area contributed by atoms with E-state index in [1.807, 2.05) is 39.0 Å². The van der Waals surface area contributed by atoms with Gasteiger partial charge in [-0.05, 0) is 32.4 Å². The fourth-order valence-corrected chi connectivity index (χ4v) is 5.07. The van der Waals surface area contributed by atoms with E-state index in [9.17, 15) is 4.79 Å². The molecule has 1 aromatic carbocycles. The van der Waals surface area contributed by atoms with Crippen molar-refractivity contribution in [2.24, 2.45) is 4.99 Å². The Bertz CT molecular complexity index is 612. The van der Waals surface area contributed by atoms with Crippen molar-refractivity contribution in [1.82, 2.24) is 0 Å². The highest BCUT2D eigenvalue weighted by Gasteiger charge is 2.29. The summed E-state index contributed by atoms with van der Waals surface area (Å²) in [7, 11) is 0. The van der Waals surface area contributed by atoms with Crippen molar-refractivity contribution in [3.8, 4) is 0 Å². The molecular formula is C18H25NO2S2. The van der Waals surface area contributed by atoms with Gasteiger partial charge in [-0.2, -0.15) is 0 Å². The Hall–Kier alpha value is -0.940. The number of para-hydroxylation sites is 1. The molecule has 3 nitrogen and oxygen atoms in total. The lowest BCUT2D eigenvalue weighted by molar-refractivity contribution is -0.154. The lowest BCUT2D eigenvalue weighted by atomic mass is 10.1. The minimum Gasteiger partial charge on any atom is -0.460 e. The Morgan fingerprint density at radius 1 is 1.22 bits per heavy atom. The van der Waals surface area contributed by atoms with E-state index in [1.165, 1.54) is 0 Å². The van der Waals surface area contributed by atoms with E-state index in [4.69, 9.17) is 9.73 Å². The predicted molar refractivity (Wildman–Crippen MR) is 102 cm³/mol. The molecule has 126 valence electrons. The van der Waals surface area contributed by atoms with Gasteiger partial charge in [0.2, 0.25) is 0 Å². The maximum atomic E-state index is 12.2. The Labute approximate surface area is 147 Å². The van der Waals surface area contributed by atoms with Gasteiger partial charge in [0.1, 0.15) is 9.98 Å². The zero-order chi connectivity index (χ0) is 17.3. The summed E-state index contributed by atoms with van der Waals surface area (Å²) in [5.41, 5.74) is 1.63. The molecule has 0 fully saturated rings. The molecule has 1 atom stereocenters. The standard InChI is InChI=1S/C18H25NO2S2/c1-17(2,3)21-15(20)11-14-12-9-7-8-10-13(12)19-16(22-14)23-18(4,5)6/h7-10,14H,11H2,1-6H3. The Morgan fingerprint density at radius 3 is 2.48 bits per heavy atom. The Balaban J connectivity index is 2.20. The molecule has 2 rings (SSSR count). The van der Waals surface area contributed by atoms with Crippen LogP contribution in [0.5, 0.6) is 0 Å². The molecule has 0 radical (unpaired) electrons. The van der Waals surface area contributed by atoms with Crippen molar-refractivity contribution in [3.05, 3.63) is 29.8 Å². The number of fused-ring (bicyclic) bond motifs is 1. The fourth-order valence-electron chi connectivity index (χ4n) is 2.17. The average Bonchev–Trinajstić information content (AvgIpc) is 2.34. The largest absolute Gasteiger partial charge is 0.460 e. The molecule has 0 amide bonds. The summed E-state index contributed by atoms with van der Waals surface area (Å²) in [4.78, 5) is 17.0. The van der Waals surface area contributed by atoms with E-state index in [1.54, 1.807) is 23.5 Å². The number of thioether (sulfide) groups is 2. The third-order valence-electron chi connectivity index (χ3n) is 2.90. The van der Waals surface area contributed by atoms with Gasteiger partial charge in [-0.15, -0.1) is 0 Å². The first kappa shape index (κ1) is 18.4. The molecule has 0 saturated heterocycles. The second-order valence-electron chi connectivity index (χ2n) is 7.55. The summed E-state index contributed by atoms with van der Waals surface area (Å²) in [6.45, 7) is 12.2. The highest BCUT2D eigenvalue weighted by molar-refractivity contribution is 8.39. The number of carbonyl (C=O) groups excluding carboxylic acids is 1. The zero-order valence-corrected chi connectivity index (χ0v) is 16.3. The molecular weight excluding hydrogens is 326 g/mol. The molecule has 0 bridgehead atoms. The number of carbonyl (C=O) groups is 1. The van der Waals surface area contributed by atoms with E-state index < -0.39 is 5.60 Å². The van der Waals surface area contributed by atoms with Crippen LogP contribution < -0.4 is 0 Å². The molecule has 0 saturated carbocycles. The van der Waals surface area contributed by atoms with Gasteiger partial charge in [-0.1, -0.05) is 62.5 Å². The van der Waals surface area contributed by atoms with Crippen LogP contribution in [0.15, 0.2) is 29.3 Å². The van der Waals surface area contributed by atoms with E-state index >= 15 is 0 Å². The molecule has 0 aromatic heterocycles. The molecule has 5 heteroatoms. The highest BCUT2D eigenvalue weighted by Crippen LogP contribution is 2.47. The molecule has 0 aliphatic carbocycles. The van der Waals surface area contributed by atoms with Crippen LogP contribution in [0.25, 0.3) is 0 Å². The number of hydrogen-bond acceptors (Lipinski definition) is 5. The average molecular weight is 352 g/mol. The summed E-state index contributed by atoms with van der Waals surface area (Å²) in [5.74, 6) is -0.160. The van der Waals surface area contributed by atoms with E-state index in [2.05, 4.69) is 26.8 Å². The van der Waals surface area contributed by atoms with Gasteiger partial charge < -0.3 is 4.74 Å². The van der Waals surface area contributed by atoms with E-state index in [0.29, 0.717) is 6.42 Å². The number of benzene rings is 1. The minimum absolute atomic E-state index is 0.0587. The summed E-state index contributed by atoms with van der Waals surface area (Å²) in [6.07, 6.45) is 0.364. The van der Waals surface area contributed by atoms with Crippen LogP contribution in [0.2, 0.25) is 0 Å². The lowest BCUT2D eigenvalue weighted by Crippen LogP contribution is -2.25. The maximum absolute atomic E-state index is 12.2. The van der Waals surface area contributed by atoms with E-state index in [0.717, 1.165) is 15.6 Å². The normalized spacial score (nSPS) is 18.2. The van der Waals surface area contributed by atoms with Gasteiger partial charge in [-0.25, -0.2) is 4.99 Å². The molecule has 0 N–H and O–H groups in total. The number of ether oxygens (including phenoxy) is 1. The van der Waals surface area contributed by atoms with Crippen molar-refractivity contribution in [2.75, 3.05) is 0 Å². The topological polar surface area (TPSA) is 38.7 Å². The molecule has 1 aromatic rings. The minimum atomic E-state index is -0.451. The zero-order valence-electron chi connectivity index (χ0n) is 14.7. The summed E-state index contributed by atoms with van der Waals surface area (Å²) in [5, 5.41) is 0.0587. The SMILES string of the molecule is CC(C)(C)OC(=O)CC1SC(SC(C)(C)C)=Nc2ccccc21. The van der Waals surface area contributed by atoms with Gasteiger partial charge in [0.15, 0.2) is 0 Å². The first-order chi connectivity index (χ1) is 10.5. The summed E-state index contributed by atoms with van der Waals surface area (Å²) < 4.78 is 6.60. The quantitative estimate of drug-likeness (QED) is 0.638. The first-order valence-electron chi connectivity index (χ1n) is 7.79. The smallest absolute Gasteiger partial charge is 0.307 e. The fraction of sp³-hybridized carbons (Fsp3) is 0.556. The van der Waals surface area contributed by atoms with Crippen molar-refractivity contribution < 1.29 is 9.53 Å². The predicted octanol–water partition coefficient (Wildman–Crippen LogP) is 5.73. The number of hydrogen-bond donors (Lipinski definition) is 0. The highest BCUT2D eigenvalue weighted by atomic mass is 32.2. The van der Waals surface area contributed by atoms with Crippen LogP contribution in [0.4, 0.5) is 5.69 Å². The Kier molecular flexibility index (Phi) is 5.52. The second-order valence-corrected chi connectivity index (χ2v) is 10.8. The van der Waals surface area contributed by atoms with Crippen LogP contribution in [0.3, 0.4) is 0 Å². The van der Waals surface area contributed by atoms with Crippen molar-refractivity contribution >= 4 is 39.6 Å². The van der Waals surface area contributed by atoms with Crippen LogP contribution in [0, 0.1) is 0 Å². The molecule has 1 aliphatic rings. The summed E-state index contributed by atoms with van der Waals surface area (Å²) >= 11 is 3.41. The third-order valence-corrected chi connectivity index (χ3v) is 5.32. The first-order valence-corrected chi connectivity index (χ1v) is 9.48.